The highest BCUT2D eigenvalue weighted by Gasteiger charge is 2.46. The fourth-order valence-corrected chi connectivity index (χ4v) is 4.09. The van der Waals surface area contributed by atoms with Crippen molar-refractivity contribution >= 4 is 29.8 Å². The molecule has 13 heteroatoms. The summed E-state index contributed by atoms with van der Waals surface area (Å²) in [6, 6.07) is 0. The van der Waals surface area contributed by atoms with Crippen LogP contribution in [0, 0.1) is 0 Å². The lowest BCUT2D eigenvalue weighted by Crippen LogP contribution is -2.66. The summed E-state index contributed by atoms with van der Waals surface area (Å²) in [5.74, 6) is -4.34. The molecular weight excluding hydrogens is 518 g/mol. The zero-order valence-electron chi connectivity index (χ0n) is 22.8. The Labute approximate surface area is 228 Å². The topological polar surface area (TPSA) is 217 Å². The fourth-order valence-electron chi connectivity index (χ4n) is 4.09. The van der Waals surface area contributed by atoms with E-state index in [0.717, 1.165) is 44.9 Å². The van der Waals surface area contributed by atoms with Crippen LogP contribution in [0.2, 0.25) is 0 Å². The third-order valence-electron chi connectivity index (χ3n) is 6.39. The van der Waals surface area contributed by atoms with Crippen LogP contribution < -0.4 is 5.32 Å². The lowest BCUT2D eigenvalue weighted by molar-refractivity contribution is -0.145. The van der Waals surface area contributed by atoms with E-state index in [2.05, 4.69) is 10.1 Å². The average molecular weight is 564 g/mol. The van der Waals surface area contributed by atoms with E-state index in [1.165, 1.54) is 7.11 Å². The summed E-state index contributed by atoms with van der Waals surface area (Å²) in [5.41, 5.74) is -1.93. The first-order valence-corrected chi connectivity index (χ1v) is 13.4. The second kappa shape index (κ2) is 21.1. The average Bonchev–Trinajstić information content (AvgIpc) is 2.88. The number of aliphatic hydroxyl groups is 2. The highest BCUT2D eigenvalue weighted by Crippen LogP contribution is 2.25. The van der Waals surface area contributed by atoms with Crippen LogP contribution >= 0.6 is 0 Å². The van der Waals surface area contributed by atoms with Crippen molar-refractivity contribution in [3.05, 3.63) is 0 Å². The Morgan fingerprint density at radius 3 is 1.54 bits per heavy atom. The minimum absolute atomic E-state index is 0.0489. The number of carbonyl (C=O) groups is 5. The van der Waals surface area contributed by atoms with Gasteiger partial charge in [-0.15, -0.1) is 0 Å². The summed E-state index contributed by atoms with van der Waals surface area (Å²) in [7, 11) is 1.36. The van der Waals surface area contributed by atoms with Gasteiger partial charge in [-0.2, -0.15) is 0 Å². The molecule has 0 rings (SSSR count). The monoisotopic (exact) mass is 563 g/mol. The lowest BCUT2D eigenvalue weighted by Gasteiger charge is -2.42. The molecular formula is C26H45NO12. The Bertz CT molecular complexity index is 733. The lowest BCUT2D eigenvalue weighted by atomic mass is 9.82. The highest BCUT2D eigenvalue weighted by molar-refractivity contribution is 5.77. The molecule has 226 valence electrons. The highest BCUT2D eigenvalue weighted by atomic mass is 16.5. The van der Waals surface area contributed by atoms with Gasteiger partial charge in [-0.25, -0.2) is 0 Å². The summed E-state index contributed by atoms with van der Waals surface area (Å²) in [6.45, 7) is -0.837. The van der Waals surface area contributed by atoms with Crippen molar-refractivity contribution in [3.63, 3.8) is 0 Å². The van der Waals surface area contributed by atoms with E-state index < -0.39 is 61.0 Å². The van der Waals surface area contributed by atoms with Crippen molar-refractivity contribution in [1.82, 2.24) is 5.32 Å². The number of carboxylic acid groups (broad SMARTS) is 3. The number of esters is 1. The second-order valence-electron chi connectivity index (χ2n) is 9.59. The van der Waals surface area contributed by atoms with E-state index in [4.69, 9.17) is 20.1 Å². The van der Waals surface area contributed by atoms with E-state index in [-0.39, 0.29) is 38.3 Å². The van der Waals surface area contributed by atoms with E-state index in [1.54, 1.807) is 0 Å². The summed E-state index contributed by atoms with van der Waals surface area (Å²) in [6.07, 6.45) is 1.99. The molecule has 6 N–H and O–H groups in total. The largest absolute Gasteiger partial charge is 0.481 e. The molecule has 0 spiro atoms. The van der Waals surface area contributed by atoms with Crippen LogP contribution in [0.4, 0.5) is 0 Å². The van der Waals surface area contributed by atoms with Crippen molar-refractivity contribution < 1.29 is 59.0 Å². The number of methoxy groups -OCH3 is 1. The Hall–Kier alpha value is -2.77. The zero-order chi connectivity index (χ0) is 29.7. The van der Waals surface area contributed by atoms with Crippen molar-refractivity contribution in [2.45, 2.75) is 114 Å². The van der Waals surface area contributed by atoms with E-state index in [1.807, 2.05) is 0 Å². The first-order chi connectivity index (χ1) is 18.4. The number of carboxylic acids is 3. The van der Waals surface area contributed by atoms with Gasteiger partial charge in [0.1, 0.15) is 5.54 Å². The van der Waals surface area contributed by atoms with Gasteiger partial charge in [0.2, 0.25) is 5.91 Å². The quantitative estimate of drug-likeness (QED) is 0.0693. The van der Waals surface area contributed by atoms with Crippen LogP contribution in [-0.2, 0) is 33.4 Å². The maximum Gasteiger partial charge on any atom is 0.305 e. The number of rotatable bonds is 25. The number of carbonyl (C=O) groups excluding carboxylic acids is 2. The first kappa shape index (κ1) is 36.2. The molecule has 0 aromatic rings. The molecule has 0 aromatic heterocycles. The van der Waals surface area contributed by atoms with Crippen molar-refractivity contribution in [2.75, 3.05) is 20.3 Å². The van der Waals surface area contributed by atoms with Crippen molar-refractivity contribution in [3.8, 4) is 0 Å². The van der Waals surface area contributed by atoms with Crippen LogP contribution in [0.25, 0.3) is 0 Å². The van der Waals surface area contributed by atoms with Crippen LogP contribution in [0.1, 0.15) is 96.3 Å². The van der Waals surface area contributed by atoms with Gasteiger partial charge in [0.05, 0.1) is 39.0 Å². The summed E-state index contributed by atoms with van der Waals surface area (Å²) >= 11 is 0. The number of ether oxygens (including phenoxy) is 2. The number of unbranched alkanes of at least 4 members (excludes halogenated alkanes) is 7. The van der Waals surface area contributed by atoms with Gasteiger partial charge in [-0.1, -0.05) is 38.5 Å². The van der Waals surface area contributed by atoms with E-state index >= 15 is 0 Å². The van der Waals surface area contributed by atoms with Gasteiger partial charge in [-0.05, 0) is 25.7 Å². The van der Waals surface area contributed by atoms with Gasteiger partial charge in [0.25, 0.3) is 0 Å². The zero-order valence-corrected chi connectivity index (χ0v) is 22.8. The maximum absolute atomic E-state index is 12.8. The SMILES string of the molecule is COC(=O)CCCCCCCCCCC(=O)NC(COCCC(=O)O)(C(O)CCC(=O)O)C(O)CCC(=O)O. The molecule has 2 atom stereocenters. The van der Waals surface area contributed by atoms with Gasteiger partial charge in [0.15, 0.2) is 0 Å². The van der Waals surface area contributed by atoms with Crippen molar-refractivity contribution in [2.24, 2.45) is 0 Å². The van der Waals surface area contributed by atoms with Crippen LogP contribution in [0.15, 0.2) is 0 Å². The first-order valence-electron chi connectivity index (χ1n) is 13.4. The van der Waals surface area contributed by atoms with Gasteiger partial charge >= 0.3 is 23.9 Å². The van der Waals surface area contributed by atoms with Gasteiger partial charge in [0, 0.05) is 25.7 Å². The molecule has 39 heavy (non-hydrogen) atoms. The molecule has 0 heterocycles. The number of aliphatic hydroxyl groups excluding tert-OH is 2. The molecule has 13 nitrogen and oxygen atoms in total. The Morgan fingerprint density at radius 1 is 0.667 bits per heavy atom. The Balaban J connectivity index is 5.03. The van der Waals surface area contributed by atoms with Crippen LogP contribution in [0.3, 0.4) is 0 Å². The maximum atomic E-state index is 12.8. The Kier molecular flexibility index (Phi) is 19.6. The number of nitrogens with one attached hydrogen (secondary N) is 1. The Morgan fingerprint density at radius 2 is 1.10 bits per heavy atom. The van der Waals surface area contributed by atoms with Crippen molar-refractivity contribution in [1.29, 1.82) is 0 Å². The molecule has 1 amide bonds. The normalized spacial score (nSPS) is 14.1. The number of aliphatic carboxylic acids is 3. The molecule has 0 aromatic carbocycles. The molecule has 0 radical (unpaired) electrons. The molecule has 0 aliphatic heterocycles. The summed E-state index contributed by atoms with van der Waals surface area (Å²) in [4.78, 5) is 56.8. The molecule has 0 fully saturated rings. The minimum Gasteiger partial charge on any atom is -0.481 e. The van der Waals surface area contributed by atoms with Gasteiger partial charge < -0.3 is 40.3 Å². The fraction of sp³-hybridized carbons (Fsp3) is 0.808. The smallest absolute Gasteiger partial charge is 0.305 e. The molecule has 2 unspecified atom stereocenters. The van der Waals surface area contributed by atoms with Crippen LogP contribution in [-0.4, -0.2) is 93.4 Å². The van der Waals surface area contributed by atoms with Gasteiger partial charge in [-0.3, -0.25) is 24.0 Å². The summed E-state index contributed by atoms with van der Waals surface area (Å²) in [5, 5.41) is 51.2. The molecule has 0 saturated carbocycles. The molecule has 0 saturated heterocycles. The van der Waals surface area contributed by atoms with Crippen LogP contribution in [0.5, 0.6) is 0 Å². The summed E-state index contributed by atoms with van der Waals surface area (Å²) < 4.78 is 9.95. The molecule has 0 bridgehead atoms. The molecule has 0 aliphatic rings. The number of hydrogen-bond acceptors (Lipinski definition) is 9. The third-order valence-corrected chi connectivity index (χ3v) is 6.39. The standard InChI is InChI=1S/C26H45NO12/c1-38-25(37)11-9-7-5-3-2-4-6-8-10-21(30)27-26(18-39-17-16-24(35)36,19(28)12-14-22(31)32)20(29)13-15-23(33)34/h19-20,28-29H,2-18H2,1H3,(H,27,30)(H,31,32)(H,33,34)(H,35,36). The molecule has 0 aliphatic carbocycles. The second-order valence-corrected chi connectivity index (χ2v) is 9.59. The minimum atomic E-state index is -1.93. The van der Waals surface area contributed by atoms with E-state index in [0.29, 0.717) is 12.8 Å². The predicted octanol–water partition coefficient (Wildman–Crippen LogP) is 1.86. The predicted molar refractivity (Wildman–Crippen MR) is 138 cm³/mol. The number of amides is 1. The van der Waals surface area contributed by atoms with E-state index in [9.17, 15) is 34.2 Å². The number of hydrogen-bond donors (Lipinski definition) is 6. The third kappa shape index (κ3) is 17.4.